The molecule has 1 heterocycles. The minimum absolute atomic E-state index is 0.230. The molecule has 2 unspecified atom stereocenters. The lowest BCUT2D eigenvalue weighted by Crippen LogP contribution is -2.44. The monoisotopic (exact) mass is 252 g/mol. The number of amides is 1. The van der Waals surface area contributed by atoms with Gasteiger partial charge in [-0.1, -0.05) is 0 Å². The van der Waals surface area contributed by atoms with Gasteiger partial charge in [0.15, 0.2) is 0 Å². The standard InChI is InChI=1S/C13H17FN2O2/c1-8-5-9(14)7-10(6-8)16-12(13(15)17)11-3-2-4-18-11/h5-7,11-12,16H,2-4H2,1H3,(H2,15,17). The third kappa shape index (κ3) is 2.98. The molecule has 0 aromatic heterocycles. The van der Waals surface area contributed by atoms with E-state index in [2.05, 4.69) is 5.32 Å². The lowest BCUT2D eigenvalue weighted by atomic mass is 10.1. The smallest absolute Gasteiger partial charge is 0.242 e. The average Bonchev–Trinajstić information content (AvgIpc) is 2.77. The summed E-state index contributed by atoms with van der Waals surface area (Å²) in [6, 6.07) is 3.93. The van der Waals surface area contributed by atoms with Crippen LogP contribution >= 0.6 is 0 Å². The molecule has 1 aromatic rings. The van der Waals surface area contributed by atoms with Gasteiger partial charge in [0.2, 0.25) is 5.91 Å². The van der Waals surface area contributed by atoms with Crippen molar-refractivity contribution in [2.75, 3.05) is 11.9 Å². The number of nitrogens with two attached hydrogens (primary N) is 1. The number of halogens is 1. The van der Waals surface area contributed by atoms with Crippen molar-refractivity contribution in [3.63, 3.8) is 0 Å². The van der Waals surface area contributed by atoms with Gasteiger partial charge in [0.05, 0.1) is 6.10 Å². The van der Waals surface area contributed by atoms with Gasteiger partial charge in [0, 0.05) is 12.3 Å². The van der Waals surface area contributed by atoms with Crippen molar-refractivity contribution >= 4 is 11.6 Å². The van der Waals surface area contributed by atoms with Crippen LogP contribution in [-0.4, -0.2) is 24.7 Å². The second-order valence-electron chi connectivity index (χ2n) is 4.59. The summed E-state index contributed by atoms with van der Waals surface area (Å²) in [7, 11) is 0. The summed E-state index contributed by atoms with van der Waals surface area (Å²) < 4.78 is 18.7. The molecule has 2 atom stereocenters. The number of carbonyl (C=O) groups excluding carboxylic acids is 1. The lowest BCUT2D eigenvalue weighted by Gasteiger charge is -2.22. The Kier molecular flexibility index (Phi) is 3.81. The topological polar surface area (TPSA) is 64.3 Å². The van der Waals surface area contributed by atoms with E-state index >= 15 is 0 Å². The second-order valence-corrected chi connectivity index (χ2v) is 4.59. The first-order valence-electron chi connectivity index (χ1n) is 6.01. The van der Waals surface area contributed by atoms with E-state index in [1.54, 1.807) is 13.0 Å². The molecular formula is C13H17FN2O2. The van der Waals surface area contributed by atoms with E-state index in [0.29, 0.717) is 12.3 Å². The predicted octanol–water partition coefficient (Wildman–Crippen LogP) is 1.58. The normalized spacial score (nSPS) is 20.7. The zero-order chi connectivity index (χ0) is 13.1. The van der Waals surface area contributed by atoms with E-state index in [9.17, 15) is 9.18 Å². The molecule has 0 spiro atoms. The molecule has 0 saturated carbocycles. The van der Waals surface area contributed by atoms with Gasteiger partial charge < -0.3 is 15.8 Å². The zero-order valence-corrected chi connectivity index (χ0v) is 10.3. The van der Waals surface area contributed by atoms with Crippen molar-refractivity contribution in [2.24, 2.45) is 5.73 Å². The summed E-state index contributed by atoms with van der Waals surface area (Å²) in [5.41, 5.74) is 6.70. The maximum atomic E-state index is 13.3. The Bertz CT molecular complexity index is 424. The molecule has 3 N–H and O–H groups in total. The van der Waals surface area contributed by atoms with Crippen LogP contribution < -0.4 is 11.1 Å². The third-order valence-corrected chi connectivity index (χ3v) is 3.01. The molecule has 1 fully saturated rings. The number of aryl methyl sites for hydroxylation is 1. The molecular weight excluding hydrogens is 235 g/mol. The Labute approximate surface area is 105 Å². The highest BCUT2D eigenvalue weighted by atomic mass is 19.1. The van der Waals surface area contributed by atoms with Crippen molar-refractivity contribution in [1.29, 1.82) is 0 Å². The molecule has 1 saturated heterocycles. The van der Waals surface area contributed by atoms with Crippen LogP contribution in [0.3, 0.4) is 0 Å². The molecule has 4 nitrogen and oxygen atoms in total. The molecule has 0 bridgehead atoms. The van der Waals surface area contributed by atoms with E-state index in [4.69, 9.17) is 10.5 Å². The van der Waals surface area contributed by atoms with Crippen LogP contribution in [0, 0.1) is 12.7 Å². The van der Waals surface area contributed by atoms with E-state index in [1.807, 2.05) is 0 Å². The first-order valence-corrected chi connectivity index (χ1v) is 6.01. The van der Waals surface area contributed by atoms with Gasteiger partial charge in [-0.25, -0.2) is 4.39 Å². The molecule has 2 rings (SSSR count). The van der Waals surface area contributed by atoms with Crippen LogP contribution in [0.25, 0.3) is 0 Å². The Morgan fingerprint density at radius 2 is 2.33 bits per heavy atom. The van der Waals surface area contributed by atoms with Gasteiger partial charge in [-0.3, -0.25) is 4.79 Å². The number of rotatable bonds is 4. The highest BCUT2D eigenvalue weighted by Gasteiger charge is 2.30. The van der Waals surface area contributed by atoms with Crippen molar-refractivity contribution in [2.45, 2.75) is 31.9 Å². The van der Waals surface area contributed by atoms with Crippen LogP contribution in [0.2, 0.25) is 0 Å². The maximum Gasteiger partial charge on any atom is 0.242 e. The summed E-state index contributed by atoms with van der Waals surface area (Å²) in [4.78, 5) is 11.4. The Morgan fingerprint density at radius 3 is 2.89 bits per heavy atom. The first-order chi connectivity index (χ1) is 8.56. The summed E-state index contributed by atoms with van der Waals surface area (Å²) in [5, 5.41) is 2.96. The van der Waals surface area contributed by atoms with E-state index in [1.165, 1.54) is 12.1 Å². The summed E-state index contributed by atoms with van der Waals surface area (Å²) >= 11 is 0. The number of hydrogen-bond acceptors (Lipinski definition) is 3. The number of benzene rings is 1. The number of carbonyl (C=O) groups is 1. The van der Waals surface area contributed by atoms with Crippen LogP contribution in [0.5, 0.6) is 0 Å². The Balaban J connectivity index is 2.15. The van der Waals surface area contributed by atoms with Crippen molar-refractivity contribution in [3.05, 3.63) is 29.6 Å². The van der Waals surface area contributed by atoms with Gasteiger partial charge in [0.1, 0.15) is 11.9 Å². The highest BCUT2D eigenvalue weighted by molar-refractivity contribution is 5.83. The molecule has 1 aliphatic rings. The lowest BCUT2D eigenvalue weighted by molar-refractivity contribution is -0.121. The van der Waals surface area contributed by atoms with E-state index in [-0.39, 0.29) is 11.9 Å². The molecule has 1 aliphatic heterocycles. The van der Waals surface area contributed by atoms with E-state index in [0.717, 1.165) is 18.4 Å². The number of primary amides is 1. The summed E-state index contributed by atoms with van der Waals surface area (Å²) in [6.07, 6.45) is 1.47. The number of hydrogen-bond donors (Lipinski definition) is 2. The Morgan fingerprint density at radius 1 is 1.56 bits per heavy atom. The van der Waals surface area contributed by atoms with Crippen molar-refractivity contribution in [1.82, 2.24) is 0 Å². The SMILES string of the molecule is Cc1cc(F)cc(NC(C(N)=O)C2CCCO2)c1. The number of ether oxygens (including phenoxy) is 1. The van der Waals surface area contributed by atoms with Gasteiger partial charge >= 0.3 is 0 Å². The minimum Gasteiger partial charge on any atom is -0.376 e. The molecule has 0 radical (unpaired) electrons. The zero-order valence-electron chi connectivity index (χ0n) is 10.3. The summed E-state index contributed by atoms with van der Waals surface area (Å²) in [6.45, 7) is 2.43. The summed E-state index contributed by atoms with van der Waals surface area (Å²) in [5.74, 6) is -0.822. The quantitative estimate of drug-likeness (QED) is 0.855. The predicted molar refractivity (Wildman–Crippen MR) is 66.7 cm³/mol. The van der Waals surface area contributed by atoms with Crippen LogP contribution in [0.4, 0.5) is 10.1 Å². The van der Waals surface area contributed by atoms with Crippen molar-refractivity contribution < 1.29 is 13.9 Å². The van der Waals surface area contributed by atoms with Crippen LogP contribution in [0.15, 0.2) is 18.2 Å². The second kappa shape index (κ2) is 5.35. The minimum atomic E-state index is -0.617. The molecule has 18 heavy (non-hydrogen) atoms. The molecule has 1 amide bonds. The average molecular weight is 252 g/mol. The maximum absolute atomic E-state index is 13.3. The molecule has 5 heteroatoms. The van der Waals surface area contributed by atoms with Crippen molar-refractivity contribution in [3.8, 4) is 0 Å². The number of nitrogens with one attached hydrogen (secondary N) is 1. The van der Waals surface area contributed by atoms with Crippen LogP contribution in [0.1, 0.15) is 18.4 Å². The van der Waals surface area contributed by atoms with Gasteiger partial charge in [-0.05, 0) is 43.5 Å². The fourth-order valence-electron chi connectivity index (χ4n) is 2.21. The van der Waals surface area contributed by atoms with E-state index < -0.39 is 11.9 Å². The van der Waals surface area contributed by atoms with Gasteiger partial charge in [-0.2, -0.15) is 0 Å². The largest absolute Gasteiger partial charge is 0.376 e. The van der Waals surface area contributed by atoms with Crippen LogP contribution in [-0.2, 0) is 9.53 Å². The Hall–Kier alpha value is -1.62. The number of anilines is 1. The van der Waals surface area contributed by atoms with Gasteiger partial charge in [0.25, 0.3) is 0 Å². The van der Waals surface area contributed by atoms with Gasteiger partial charge in [-0.15, -0.1) is 0 Å². The first kappa shape index (κ1) is 12.8. The molecule has 0 aliphatic carbocycles. The molecule has 1 aromatic carbocycles. The third-order valence-electron chi connectivity index (χ3n) is 3.01. The fraction of sp³-hybridized carbons (Fsp3) is 0.462. The fourth-order valence-corrected chi connectivity index (χ4v) is 2.21. The molecule has 98 valence electrons. The highest BCUT2D eigenvalue weighted by Crippen LogP contribution is 2.20.